The van der Waals surface area contributed by atoms with Crippen LogP contribution in [-0.2, 0) is 6.42 Å². The van der Waals surface area contributed by atoms with Crippen molar-refractivity contribution in [1.82, 2.24) is 0 Å². The average Bonchev–Trinajstić information content (AvgIpc) is 2.45. The highest BCUT2D eigenvalue weighted by atomic mass is 35.5. The van der Waals surface area contributed by atoms with E-state index in [4.69, 9.17) is 11.6 Å². The lowest BCUT2D eigenvalue weighted by Gasteiger charge is -2.14. The van der Waals surface area contributed by atoms with E-state index in [0.29, 0.717) is 0 Å². The predicted octanol–water partition coefficient (Wildman–Crippen LogP) is 2.48. The molecule has 0 saturated carbocycles. The molecule has 2 rings (SSSR count). The van der Waals surface area contributed by atoms with Gasteiger partial charge in [0.25, 0.3) is 0 Å². The van der Waals surface area contributed by atoms with Gasteiger partial charge in [-0.25, -0.2) is 0 Å². The van der Waals surface area contributed by atoms with Gasteiger partial charge in [-0.05, 0) is 24.3 Å². The van der Waals surface area contributed by atoms with Crippen molar-refractivity contribution in [3.63, 3.8) is 0 Å². The van der Waals surface area contributed by atoms with Crippen LogP contribution in [0.15, 0.2) is 11.4 Å². The van der Waals surface area contributed by atoms with Crippen molar-refractivity contribution in [3.8, 4) is 0 Å². The van der Waals surface area contributed by atoms with Gasteiger partial charge in [0.05, 0.1) is 5.38 Å². The van der Waals surface area contributed by atoms with Gasteiger partial charge in [-0.1, -0.05) is 0 Å². The van der Waals surface area contributed by atoms with Crippen molar-refractivity contribution in [2.45, 2.75) is 18.2 Å². The second-order valence-electron chi connectivity index (χ2n) is 2.63. The van der Waals surface area contributed by atoms with E-state index >= 15 is 0 Å². The Kier molecular flexibility index (Phi) is 1.74. The number of alkyl halides is 1. The zero-order valence-corrected chi connectivity index (χ0v) is 7.41. The number of aryl methyl sites for hydroxylation is 1. The molecule has 1 aliphatic carbocycles. The van der Waals surface area contributed by atoms with Crippen LogP contribution in [0.25, 0.3) is 0 Å². The summed E-state index contributed by atoms with van der Waals surface area (Å²) in [6.07, 6.45) is 1.76. The lowest BCUT2D eigenvalue weighted by atomic mass is 9.98. The molecular formula is C8H7ClOS. The van der Waals surface area contributed by atoms with Crippen LogP contribution in [0, 0.1) is 0 Å². The minimum absolute atomic E-state index is 0.106. The molecular weight excluding hydrogens is 180 g/mol. The highest BCUT2D eigenvalue weighted by molar-refractivity contribution is 7.10. The Hall–Kier alpha value is -0.340. The molecule has 3 heteroatoms. The second kappa shape index (κ2) is 2.61. The molecule has 1 aromatic rings. The zero-order chi connectivity index (χ0) is 7.84. The molecule has 0 amide bonds. The average molecular weight is 187 g/mol. The lowest BCUT2D eigenvalue weighted by Crippen LogP contribution is -2.20. The standard InChI is InChI=1S/C8H7ClOS/c9-6-1-2-7-5(8(6)10)3-4-11-7/h3-4,6H,1-2H2. The van der Waals surface area contributed by atoms with Crippen LogP contribution in [0.1, 0.15) is 21.7 Å². The Morgan fingerprint density at radius 3 is 3.27 bits per heavy atom. The number of hydrogen-bond donors (Lipinski definition) is 0. The van der Waals surface area contributed by atoms with Crippen molar-refractivity contribution < 1.29 is 4.79 Å². The molecule has 58 valence electrons. The van der Waals surface area contributed by atoms with Crippen molar-refractivity contribution in [2.24, 2.45) is 0 Å². The molecule has 11 heavy (non-hydrogen) atoms. The molecule has 1 atom stereocenters. The molecule has 0 bridgehead atoms. The largest absolute Gasteiger partial charge is 0.292 e. The molecule has 0 fully saturated rings. The summed E-state index contributed by atoms with van der Waals surface area (Å²) in [5.41, 5.74) is 0.848. The van der Waals surface area contributed by atoms with E-state index in [0.717, 1.165) is 18.4 Å². The summed E-state index contributed by atoms with van der Waals surface area (Å²) in [4.78, 5) is 12.6. The van der Waals surface area contributed by atoms with E-state index in [2.05, 4.69) is 0 Å². The van der Waals surface area contributed by atoms with E-state index in [9.17, 15) is 4.79 Å². The van der Waals surface area contributed by atoms with Gasteiger partial charge in [0, 0.05) is 10.4 Å². The molecule has 0 aliphatic heterocycles. The highest BCUT2D eigenvalue weighted by Crippen LogP contribution is 2.28. The van der Waals surface area contributed by atoms with Crippen LogP contribution in [0.2, 0.25) is 0 Å². The van der Waals surface area contributed by atoms with Crippen LogP contribution in [-0.4, -0.2) is 11.2 Å². The van der Waals surface area contributed by atoms with Crippen molar-refractivity contribution in [1.29, 1.82) is 0 Å². The smallest absolute Gasteiger partial charge is 0.181 e. The quantitative estimate of drug-likeness (QED) is 0.569. The fraction of sp³-hybridized carbons (Fsp3) is 0.375. The van der Waals surface area contributed by atoms with Crippen LogP contribution >= 0.6 is 22.9 Å². The summed E-state index contributed by atoms with van der Waals surface area (Å²) in [7, 11) is 0. The monoisotopic (exact) mass is 186 g/mol. The van der Waals surface area contributed by atoms with Crippen LogP contribution in [0.5, 0.6) is 0 Å². The number of halogens is 1. The second-order valence-corrected chi connectivity index (χ2v) is 4.16. The molecule has 1 unspecified atom stereocenters. The number of rotatable bonds is 0. The molecule has 1 heterocycles. The van der Waals surface area contributed by atoms with Gasteiger partial charge in [-0.2, -0.15) is 0 Å². The van der Waals surface area contributed by atoms with Gasteiger partial charge in [0.2, 0.25) is 0 Å². The van der Waals surface area contributed by atoms with Crippen LogP contribution < -0.4 is 0 Å². The normalized spacial score (nSPS) is 23.4. The number of carbonyl (C=O) groups is 1. The zero-order valence-electron chi connectivity index (χ0n) is 5.84. The highest BCUT2D eigenvalue weighted by Gasteiger charge is 2.25. The molecule has 0 aromatic carbocycles. The van der Waals surface area contributed by atoms with Gasteiger partial charge in [-0.15, -0.1) is 22.9 Å². The Morgan fingerprint density at radius 2 is 2.45 bits per heavy atom. The third kappa shape index (κ3) is 1.10. The fourth-order valence-corrected chi connectivity index (χ4v) is 2.44. The van der Waals surface area contributed by atoms with E-state index < -0.39 is 0 Å². The van der Waals surface area contributed by atoms with Gasteiger partial charge >= 0.3 is 0 Å². The fourth-order valence-electron chi connectivity index (χ4n) is 1.31. The number of Topliss-reactive ketones (excluding diaryl/α,β-unsaturated/α-hetero) is 1. The molecule has 1 aromatic heterocycles. The van der Waals surface area contributed by atoms with Gasteiger partial charge in [0.15, 0.2) is 5.78 Å². The summed E-state index contributed by atoms with van der Waals surface area (Å²) >= 11 is 7.46. The first kappa shape index (κ1) is 7.32. The number of ketones is 1. The molecule has 0 saturated heterocycles. The van der Waals surface area contributed by atoms with Gasteiger partial charge in [-0.3, -0.25) is 4.79 Å². The lowest BCUT2D eigenvalue weighted by molar-refractivity contribution is 0.0978. The third-order valence-electron chi connectivity index (χ3n) is 1.92. The Balaban J connectivity index is 2.46. The molecule has 0 radical (unpaired) electrons. The van der Waals surface area contributed by atoms with Crippen molar-refractivity contribution in [2.75, 3.05) is 0 Å². The van der Waals surface area contributed by atoms with Gasteiger partial charge in [0.1, 0.15) is 0 Å². The first-order valence-electron chi connectivity index (χ1n) is 3.53. The summed E-state index contributed by atoms with van der Waals surface area (Å²) in [6.45, 7) is 0. The Morgan fingerprint density at radius 1 is 1.64 bits per heavy atom. The summed E-state index contributed by atoms with van der Waals surface area (Å²) in [5, 5.41) is 1.68. The first-order valence-corrected chi connectivity index (χ1v) is 4.85. The number of hydrogen-bond acceptors (Lipinski definition) is 2. The van der Waals surface area contributed by atoms with E-state index in [-0.39, 0.29) is 11.2 Å². The number of thiophene rings is 1. The van der Waals surface area contributed by atoms with E-state index in [1.165, 1.54) is 4.88 Å². The third-order valence-corrected chi connectivity index (χ3v) is 3.32. The van der Waals surface area contributed by atoms with Crippen LogP contribution in [0.3, 0.4) is 0 Å². The maximum absolute atomic E-state index is 11.4. The number of carbonyl (C=O) groups excluding carboxylic acids is 1. The minimum atomic E-state index is -0.280. The van der Waals surface area contributed by atoms with E-state index in [1.54, 1.807) is 11.3 Å². The summed E-state index contributed by atoms with van der Waals surface area (Å²) < 4.78 is 0. The van der Waals surface area contributed by atoms with Crippen molar-refractivity contribution >= 4 is 28.7 Å². The van der Waals surface area contributed by atoms with E-state index in [1.807, 2.05) is 11.4 Å². The first-order chi connectivity index (χ1) is 5.29. The summed E-state index contributed by atoms with van der Waals surface area (Å²) in [6, 6.07) is 1.87. The van der Waals surface area contributed by atoms with Gasteiger partial charge < -0.3 is 0 Å². The summed E-state index contributed by atoms with van der Waals surface area (Å²) in [5.74, 6) is 0.106. The minimum Gasteiger partial charge on any atom is -0.292 e. The Labute approximate surface area is 74.0 Å². The topological polar surface area (TPSA) is 17.1 Å². The predicted molar refractivity (Wildman–Crippen MR) is 46.6 cm³/mol. The SMILES string of the molecule is O=C1c2ccsc2CCC1Cl. The van der Waals surface area contributed by atoms with Crippen molar-refractivity contribution in [3.05, 3.63) is 21.9 Å². The van der Waals surface area contributed by atoms with Crippen LogP contribution in [0.4, 0.5) is 0 Å². The Bertz CT molecular complexity index is 292. The maximum Gasteiger partial charge on any atom is 0.181 e. The molecule has 0 spiro atoms. The molecule has 0 N–H and O–H groups in total. The number of fused-ring (bicyclic) bond motifs is 1. The maximum atomic E-state index is 11.4. The molecule has 1 nitrogen and oxygen atoms in total. The molecule has 1 aliphatic rings.